The molecule has 0 bridgehead atoms. The summed E-state index contributed by atoms with van der Waals surface area (Å²) in [6, 6.07) is 0. The highest BCUT2D eigenvalue weighted by atomic mass is 16.1. The van der Waals surface area contributed by atoms with Gasteiger partial charge in [0.15, 0.2) is 0 Å². The van der Waals surface area contributed by atoms with Crippen molar-refractivity contribution in [1.29, 1.82) is 0 Å². The monoisotopic (exact) mass is 145 g/mol. The summed E-state index contributed by atoms with van der Waals surface area (Å²) in [5, 5.41) is 2.98. The summed E-state index contributed by atoms with van der Waals surface area (Å²) in [4.78, 5) is 12.2. The molecule has 0 saturated carbocycles. The van der Waals surface area contributed by atoms with Crippen molar-refractivity contribution in [1.82, 2.24) is 10.2 Å². The van der Waals surface area contributed by atoms with E-state index in [-0.39, 0.29) is 5.91 Å². The lowest BCUT2D eigenvalue weighted by atomic mass is 10.5. The van der Waals surface area contributed by atoms with Crippen molar-refractivity contribution in [2.75, 3.05) is 33.7 Å². The molecule has 0 aliphatic carbocycles. The van der Waals surface area contributed by atoms with Crippen LogP contribution in [0.15, 0.2) is 0 Å². The third-order valence-corrected chi connectivity index (χ3v) is 1.17. The zero-order chi connectivity index (χ0) is 7.98. The number of carbonyl (C=O) groups is 1. The first kappa shape index (κ1) is 9.39. The summed E-state index contributed by atoms with van der Waals surface area (Å²) >= 11 is 0. The summed E-state index contributed by atoms with van der Waals surface area (Å²) in [6.45, 7) is 2.06. The van der Waals surface area contributed by atoms with E-state index in [2.05, 4.69) is 5.32 Å². The third-order valence-electron chi connectivity index (χ3n) is 1.17. The second-order valence-electron chi connectivity index (χ2n) is 2.31. The van der Waals surface area contributed by atoms with Gasteiger partial charge in [0.05, 0.1) is 6.54 Å². The van der Waals surface area contributed by atoms with Crippen LogP contribution in [0.4, 0.5) is 0 Å². The van der Waals surface area contributed by atoms with Crippen molar-refractivity contribution >= 4 is 5.91 Å². The Labute approximate surface area is 61.4 Å². The van der Waals surface area contributed by atoms with Gasteiger partial charge in [-0.3, -0.25) is 9.69 Å². The Morgan fingerprint density at radius 3 is 2.70 bits per heavy atom. The van der Waals surface area contributed by atoms with Gasteiger partial charge in [-0.05, 0) is 14.1 Å². The summed E-state index contributed by atoms with van der Waals surface area (Å²) in [6.07, 6.45) is 0. The molecule has 0 aliphatic rings. The first-order valence-corrected chi connectivity index (χ1v) is 3.28. The molecule has 0 aromatic carbocycles. The number of nitrogens with two attached hydrogens (primary N) is 1. The predicted octanol–water partition coefficient (Wildman–Crippen LogP) is -1.38. The average molecular weight is 145 g/mol. The van der Waals surface area contributed by atoms with Gasteiger partial charge in [0.2, 0.25) is 5.91 Å². The highest BCUT2D eigenvalue weighted by Gasteiger charge is 1.99. The van der Waals surface area contributed by atoms with E-state index in [1.54, 1.807) is 0 Å². The first-order chi connectivity index (χ1) is 4.66. The Hall–Kier alpha value is -0.610. The second kappa shape index (κ2) is 5.20. The fourth-order valence-electron chi connectivity index (χ4n) is 0.648. The molecule has 10 heavy (non-hydrogen) atoms. The molecule has 0 aliphatic heterocycles. The molecule has 0 atom stereocenters. The van der Waals surface area contributed by atoms with Crippen molar-refractivity contribution in [2.24, 2.45) is 5.73 Å². The van der Waals surface area contributed by atoms with E-state index >= 15 is 0 Å². The molecule has 0 saturated heterocycles. The van der Waals surface area contributed by atoms with E-state index in [0.717, 1.165) is 13.1 Å². The van der Waals surface area contributed by atoms with Crippen LogP contribution in [0.3, 0.4) is 0 Å². The maximum absolute atomic E-state index is 10.3. The molecule has 4 heteroatoms. The molecule has 3 N–H and O–H groups in total. The standard InChI is InChI=1S/C6H15N3O/c1-8-3-4-9(2)5-6(7)10/h8H,3-5H2,1-2H3,(H2,7,10). The molecule has 0 aromatic rings. The van der Waals surface area contributed by atoms with E-state index in [4.69, 9.17) is 5.73 Å². The minimum atomic E-state index is -0.279. The third kappa shape index (κ3) is 5.53. The van der Waals surface area contributed by atoms with Gasteiger partial charge in [-0.25, -0.2) is 0 Å². The molecule has 0 rings (SSSR count). The molecule has 0 heterocycles. The first-order valence-electron chi connectivity index (χ1n) is 3.28. The van der Waals surface area contributed by atoms with Gasteiger partial charge in [-0.1, -0.05) is 0 Å². The number of hydrogen-bond acceptors (Lipinski definition) is 3. The lowest BCUT2D eigenvalue weighted by molar-refractivity contribution is -0.118. The molecular formula is C6H15N3O. The molecule has 0 radical (unpaired) electrons. The van der Waals surface area contributed by atoms with Crippen LogP contribution in [0.5, 0.6) is 0 Å². The summed E-state index contributed by atoms with van der Waals surface area (Å²) < 4.78 is 0. The Morgan fingerprint density at radius 1 is 1.70 bits per heavy atom. The number of hydrogen-bond donors (Lipinski definition) is 2. The Bertz CT molecular complexity index is 105. The molecule has 60 valence electrons. The number of likely N-dealkylation sites (N-methyl/N-ethyl adjacent to an activating group) is 2. The van der Waals surface area contributed by atoms with Gasteiger partial charge in [0.25, 0.3) is 0 Å². The van der Waals surface area contributed by atoms with Gasteiger partial charge in [-0.15, -0.1) is 0 Å². The van der Waals surface area contributed by atoms with E-state index in [1.807, 2.05) is 19.0 Å². The lowest BCUT2D eigenvalue weighted by Crippen LogP contribution is -2.34. The Kier molecular flexibility index (Phi) is 4.88. The summed E-state index contributed by atoms with van der Waals surface area (Å²) in [5.41, 5.74) is 4.96. The maximum atomic E-state index is 10.3. The van der Waals surface area contributed by atoms with E-state index in [0.29, 0.717) is 6.54 Å². The van der Waals surface area contributed by atoms with Crippen molar-refractivity contribution in [3.63, 3.8) is 0 Å². The van der Waals surface area contributed by atoms with Gasteiger partial charge in [0, 0.05) is 13.1 Å². The van der Waals surface area contributed by atoms with E-state index in [9.17, 15) is 4.79 Å². The molecule has 0 aromatic heterocycles. The van der Waals surface area contributed by atoms with Crippen LogP contribution in [0.25, 0.3) is 0 Å². The topological polar surface area (TPSA) is 58.4 Å². The van der Waals surface area contributed by atoms with Crippen molar-refractivity contribution < 1.29 is 4.79 Å². The smallest absolute Gasteiger partial charge is 0.231 e. The van der Waals surface area contributed by atoms with Crippen LogP contribution < -0.4 is 11.1 Å². The number of carbonyl (C=O) groups excluding carboxylic acids is 1. The minimum Gasteiger partial charge on any atom is -0.369 e. The summed E-state index contributed by atoms with van der Waals surface area (Å²) in [5.74, 6) is -0.279. The largest absolute Gasteiger partial charge is 0.369 e. The highest BCUT2D eigenvalue weighted by Crippen LogP contribution is 1.77. The van der Waals surface area contributed by atoms with Crippen LogP contribution in [0.2, 0.25) is 0 Å². The molecule has 0 unspecified atom stereocenters. The van der Waals surface area contributed by atoms with Gasteiger partial charge in [-0.2, -0.15) is 0 Å². The number of primary amides is 1. The molecule has 0 fully saturated rings. The van der Waals surface area contributed by atoms with Crippen LogP contribution in [0, 0.1) is 0 Å². The number of nitrogens with one attached hydrogen (secondary N) is 1. The Morgan fingerprint density at radius 2 is 2.30 bits per heavy atom. The summed E-state index contributed by atoms with van der Waals surface area (Å²) in [7, 11) is 3.74. The van der Waals surface area contributed by atoms with Gasteiger partial charge in [0.1, 0.15) is 0 Å². The average Bonchev–Trinajstić information content (AvgIpc) is 1.82. The van der Waals surface area contributed by atoms with E-state index in [1.165, 1.54) is 0 Å². The van der Waals surface area contributed by atoms with Crippen LogP contribution in [-0.2, 0) is 4.79 Å². The molecule has 1 amide bonds. The molecule has 4 nitrogen and oxygen atoms in total. The van der Waals surface area contributed by atoms with Crippen molar-refractivity contribution in [2.45, 2.75) is 0 Å². The number of nitrogens with zero attached hydrogens (tertiary/aromatic N) is 1. The van der Waals surface area contributed by atoms with Crippen molar-refractivity contribution in [3.05, 3.63) is 0 Å². The SMILES string of the molecule is CNCCN(C)CC(N)=O. The Balaban J connectivity index is 3.25. The van der Waals surface area contributed by atoms with Gasteiger partial charge >= 0.3 is 0 Å². The number of amides is 1. The quantitative estimate of drug-likeness (QED) is 0.501. The fraction of sp³-hybridized carbons (Fsp3) is 0.833. The van der Waals surface area contributed by atoms with Crippen LogP contribution >= 0.6 is 0 Å². The normalized spacial score (nSPS) is 10.3. The van der Waals surface area contributed by atoms with Gasteiger partial charge < -0.3 is 11.1 Å². The molecular weight excluding hydrogens is 130 g/mol. The van der Waals surface area contributed by atoms with E-state index < -0.39 is 0 Å². The zero-order valence-corrected chi connectivity index (χ0v) is 6.55. The second-order valence-corrected chi connectivity index (χ2v) is 2.31. The van der Waals surface area contributed by atoms with Crippen LogP contribution in [0.1, 0.15) is 0 Å². The fourth-order valence-corrected chi connectivity index (χ4v) is 0.648. The minimum absolute atomic E-state index is 0.279. The lowest BCUT2D eigenvalue weighted by Gasteiger charge is -2.12. The number of rotatable bonds is 5. The maximum Gasteiger partial charge on any atom is 0.231 e. The van der Waals surface area contributed by atoms with Crippen molar-refractivity contribution in [3.8, 4) is 0 Å². The molecule has 0 spiro atoms. The highest BCUT2D eigenvalue weighted by molar-refractivity contribution is 5.75. The predicted molar refractivity (Wildman–Crippen MR) is 40.6 cm³/mol. The zero-order valence-electron chi connectivity index (χ0n) is 6.55. The van der Waals surface area contributed by atoms with Crippen LogP contribution in [-0.4, -0.2) is 44.5 Å².